The van der Waals surface area contributed by atoms with Gasteiger partial charge in [-0.25, -0.2) is 0 Å². The van der Waals surface area contributed by atoms with Crippen molar-refractivity contribution in [2.24, 2.45) is 5.92 Å². The fourth-order valence-corrected chi connectivity index (χ4v) is 10.7. The molecule has 0 radical (unpaired) electrons. The Bertz CT molecular complexity index is 3280. The normalized spacial score (nSPS) is 18.4. The Hall–Kier alpha value is -7.15. The molecule has 2 heterocycles. The zero-order valence-corrected chi connectivity index (χ0v) is 33.4. The lowest BCUT2D eigenvalue weighted by Crippen LogP contribution is -2.21. The van der Waals surface area contributed by atoms with E-state index in [0.717, 1.165) is 61.1 Å². The number of para-hydroxylation sites is 2. The van der Waals surface area contributed by atoms with Gasteiger partial charge in [-0.3, -0.25) is 0 Å². The molecule has 4 aliphatic rings. The molecular formula is C57H42N2O. The maximum atomic E-state index is 9.72. The van der Waals surface area contributed by atoms with Gasteiger partial charge in [0.05, 0.1) is 17.1 Å². The van der Waals surface area contributed by atoms with Crippen molar-refractivity contribution in [1.82, 2.24) is 4.57 Å². The summed E-state index contributed by atoms with van der Waals surface area (Å²) >= 11 is 0. The van der Waals surface area contributed by atoms with Gasteiger partial charge in [-0.05, 0) is 132 Å². The summed E-state index contributed by atoms with van der Waals surface area (Å²) in [7, 11) is 0. The number of hydrogen-bond acceptors (Lipinski definition) is 2. The average molecular weight is 771 g/mol. The summed E-state index contributed by atoms with van der Waals surface area (Å²) < 4.78 is 8.99. The number of nitrogens with zero attached hydrogens (tertiary/aromatic N) is 2. The Kier molecular flexibility index (Phi) is 8.13. The third-order valence-corrected chi connectivity index (χ3v) is 13.6. The van der Waals surface area contributed by atoms with Crippen LogP contribution in [0.15, 0.2) is 185 Å². The van der Waals surface area contributed by atoms with Crippen LogP contribution >= 0.6 is 0 Å². The minimum Gasteiger partial charge on any atom is -0.460 e. The van der Waals surface area contributed by atoms with Gasteiger partial charge >= 0.3 is 0 Å². The lowest BCUT2D eigenvalue weighted by Gasteiger charge is -2.35. The van der Waals surface area contributed by atoms with Crippen LogP contribution in [0.2, 0.25) is 0 Å². The molecule has 3 heteroatoms. The second-order valence-electron chi connectivity index (χ2n) is 16.9. The van der Waals surface area contributed by atoms with Crippen molar-refractivity contribution in [2.75, 3.05) is 0 Å². The number of nitriles is 1. The van der Waals surface area contributed by atoms with E-state index in [4.69, 9.17) is 4.42 Å². The summed E-state index contributed by atoms with van der Waals surface area (Å²) in [6.07, 6.45) is 17.2. The Balaban J connectivity index is 0.945. The number of allylic oxidation sites excluding steroid dienone is 9. The van der Waals surface area contributed by atoms with E-state index < -0.39 is 0 Å². The van der Waals surface area contributed by atoms with Crippen molar-refractivity contribution >= 4 is 50.0 Å². The third kappa shape index (κ3) is 5.63. The maximum absolute atomic E-state index is 9.72. The third-order valence-electron chi connectivity index (χ3n) is 13.6. The van der Waals surface area contributed by atoms with Crippen LogP contribution in [0.5, 0.6) is 0 Å². The molecule has 0 N–H and O–H groups in total. The Labute approximate surface area is 350 Å². The number of hydrogen-bond donors (Lipinski definition) is 0. The predicted molar refractivity (Wildman–Crippen MR) is 247 cm³/mol. The van der Waals surface area contributed by atoms with Crippen LogP contribution in [0.25, 0.3) is 66.8 Å². The van der Waals surface area contributed by atoms with Crippen molar-refractivity contribution in [2.45, 2.75) is 44.4 Å². The van der Waals surface area contributed by atoms with Gasteiger partial charge in [0.1, 0.15) is 11.3 Å². The first-order valence-electron chi connectivity index (χ1n) is 21.4. The van der Waals surface area contributed by atoms with E-state index in [-0.39, 0.29) is 5.92 Å². The first-order valence-corrected chi connectivity index (χ1v) is 21.4. The largest absolute Gasteiger partial charge is 0.460 e. The summed E-state index contributed by atoms with van der Waals surface area (Å²) in [6, 6.07) is 53.8. The second kappa shape index (κ2) is 14.0. The molecule has 0 bridgehead atoms. The first kappa shape index (κ1) is 34.9. The second-order valence-corrected chi connectivity index (χ2v) is 16.9. The number of benzene rings is 6. The van der Waals surface area contributed by atoms with Crippen molar-refractivity contribution in [3.63, 3.8) is 0 Å². The van der Waals surface area contributed by atoms with Crippen LogP contribution < -0.4 is 0 Å². The summed E-state index contributed by atoms with van der Waals surface area (Å²) in [6.45, 7) is 0. The average Bonchev–Trinajstić information content (AvgIpc) is 3.86. The molecule has 0 saturated heterocycles. The topological polar surface area (TPSA) is 41.9 Å². The van der Waals surface area contributed by atoms with Crippen LogP contribution in [0.4, 0.5) is 0 Å². The van der Waals surface area contributed by atoms with E-state index in [1.165, 1.54) is 82.9 Å². The number of aromatic nitrogens is 1. The quantitative estimate of drug-likeness (QED) is 0.175. The van der Waals surface area contributed by atoms with Crippen LogP contribution in [0.1, 0.15) is 71.6 Å². The van der Waals surface area contributed by atoms with Gasteiger partial charge in [-0.15, -0.1) is 0 Å². The molecule has 0 amide bonds. The highest BCUT2D eigenvalue weighted by Gasteiger charge is 2.32. The standard InChI is InChI=1S/C57H42N2O/c58-35-36-11-8-15-41(29-36)51-33-42-12-4-5-18-45(42)52-31-39(23-26-47(51)52)37-13-9-14-38(30-37)40-25-28-54-53(32-40)48-27-24-43(34-55(48)59(54)44-16-2-1-3-17-44)46-20-10-21-50-49-19-6-7-22-56(49)60-57(46)50/h1-7,9-14,16-19,21-22,24-25,27-32,34,46,51H,8,15,20,23,26,33H2. The highest BCUT2D eigenvalue weighted by molar-refractivity contribution is 6.11. The molecule has 3 nitrogen and oxygen atoms in total. The van der Waals surface area contributed by atoms with E-state index >= 15 is 0 Å². The van der Waals surface area contributed by atoms with E-state index in [1.54, 1.807) is 5.57 Å². The van der Waals surface area contributed by atoms with Crippen LogP contribution in [0.3, 0.4) is 0 Å². The van der Waals surface area contributed by atoms with Crippen molar-refractivity contribution in [3.05, 3.63) is 214 Å². The Morgan fingerprint density at radius 3 is 2.43 bits per heavy atom. The minimum absolute atomic E-state index is 0.147. The molecule has 2 atom stereocenters. The molecule has 0 saturated carbocycles. The van der Waals surface area contributed by atoms with Gasteiger partial charge in [0.15, 0.2) is 0 Å². The molecule has 2 unspecified atom stereocenters. The number of fused-ring (bicyclic) bond motifs is 8. The molecule has 0 fully saturated rings. The summed E-state index contributed by atoms with van der Waals surface area (Å²) in [4.78, 5) is 0. The molecular weight excluding hydrogens is 729 g/mol. The molecule has 0 spiro atoms. The lowest BCUT2D eigenvalue weighted by atomic mass is 9.69. The number of furan rings is 1. The fraction of sp³-hybridized carbons (Fsp3) is 0.140. The monoisotopic (exact) mass is 770 g/mol. The van der Waals surface area contributed by atoms with Gasteiger partial charge in [0.25, 0.3) is 0 Å². The van der Waals surface area contributed by atoms with Crippen molar-refractivity contribution < 1.29 is 4.42 Å². The molecule has 2 aromatic heterocycles. The molecule has 286 valence electrons. The van der Waals surface area contributed by atoms with E-state index in [0.29, 0.717) is 5.92 Å². The van der Waals surface area contributed by atoms with Gasteiger partial charge in [0, 0.05) is 44.8 Å². The Morgan fingerprint density at radius 2 is 1.50 bits per heavy atom. The van der Waals surface area contributed by atoms with Crippen molar-refractivity contribution in [1.29, 1.82) is 5.26 Å². The Morgan fingerprint density at radius 1 is 0.650 bits per heavy atom. The zero-order chi connectivity index (χ0) is 39.7. The molecule has 4 aliphatic carbocycles. The van der Waals surface area contributed by atoms with Gasteiger partial charge < -0.3 is 8.98 Å². The SMILES string of the molecule is N#CC1=CCCC(C2Cc3ccccc3C3=C2CCC(c2cccc(-c4ccc5c(c4)c4ccc(C6CC=Cc7c6oc6ccccc76)cc4n5-c4ccccc4)c2)=C3)=C1. The maximum Gasteiger partial charge on any atom is 0.134 e. The van der Waals surface area contributed by atoms with E-state index in [1.807, 2.05) is 0 Å². The number of rotatable bonds is 5. The summed E-state index contributed by atoms with van der Waals surface area (Å²) in [5.74, 6) is 1.57. The molecule has 6 aromatic carbocycles. The van der Waals surface area contributed by atoms with E-state index in [2.05, 4.69) is 181 Å². The van der Waals surface area contributed by atoms with Crippen LogP contribution in [-0.4, -0.2) is 4.57 Å². The highest BCUT2D eigenvalue weighted by atomic mass is 16.3. The van der Waals surface area contributed by atoms with Gasteiger partial charge in [-0.1, -0.05) is 133 Å². The smallest absolute Gasteiger partial charge is 0.134 e. The molecule has 8 aromatic rings. The van der Waals surface area contributed by atoms with Gasteiger partial charge in [-0.2, -0.15) is 5.26 Å². The molecule has 12 rings (SSSR count). The highest BCUT2D eigenvalue weighted by Crippen LogP contribution is 2.48. The first-order chi connectivity index (χ1) is 29.7. The van der Waals surface area contributed by atoms with Crippen LogP contribution in [-0.2, 0) is 6.42 Å². The summed E-state index contributed by atoms with van der Waals surface area (Å²) in [5.41, 5.74) is 20.0. The summed E-state index contributed by atoms with van der Waals surface area (Å²) in [5, 5.41) is 13.4. The van der Waals surface area contributed by atoms with Gasteiger partial charge in [0.2, 0.25) is 0 Å². The lowest BCUT2D eigenvalue weighted by molar-refractivity contribution is 0.517. The van der Waals surface area contributed by atoms with Crippen LogP contribution in [0, 0.1) is 17.2 Å². The van der Waals surface area contributed by atoms with E-state index in [9.17, 15) is 5.26 Å². The fourth-order valence-electron chi connectivity index (χ4n) is 10.7. The molecule has 0 aliphatic heterocycles. The predicted octanol–water partition coefficient (Wildman–Crippen LogP) is 14.7. The van der Waals surface area contributed by atoms with Crippen molar-refractivity contribution in [3.8, 4) is 22.9 Å². The zero-order valence-electron chi connectivity index (χ0n) is 33.4. The minimum atomic E-state index is 0.147. The molecule has 60 heavy (non-hydrogen) atoms.